The molecule has 6 nitrogen and oxygen atoms in total. The van der Waals surface area contributed by atoms with Crippen molar-refractivity contribution in [3.8, 4) is 0 Å². The van der Waals surface area contributed by atoms with Gasteiger partial charge in [-0.15, -0.1) is 0 Å². The predicted octanol–water partition coefficient (Wildman–Crippen LogP) is 22.3. The number of nitrogens with zero attached hydrogens (tertiary/aromatic N) is 6. The SMILES string of the molecule is CC1CCC(Cc2cccc3c2CCC3)=N1.CC1CN=C(Cc2cccc3c2CCC3)C1.Cc1c(Cl)cccc1CC1=NC(C)CC1.Cc1c(Cl)cccc1CC1=NCC(C)C1.Cc1c(Cl)cccc1CC1=N[C@@H](CC(C)C)CC1.Cc1cccc(CC2=NC(C)CC2)c1C. The first kappa shape index (κ1) is 73.5. The summed E-state index contributed by atoms with van der Waals surface area (Å²) in [5.41, 5.74) is 29.6. The molecule has 6 aromatic rings. The van der Waals surface area contributed by atoms with Gasteiger partial charge in [0.05, 0.1) is 6.04 Å². The van der Waals surface area contributed by atoms with Crippen LogP contribution in [0.1, 0.15) is 215 Å². The molecule has 0 aromatic heterocycles. The second kappa shape index (κ2) is 36.2. The Morgan fingerprint density at radius 1 is 0.368 bits per heavy atom. The number of halogens is 3. The van der Waals surface area contributed by atoms with Crippen LogP contribution in [0, 0.1) is 52.4 Å². The molecule has 0 saturated heterocycles. The highest BCUT2D eigenvalue weighted by Crippen LogP contribution is 2.31. The van der Waals surface area contributed by atoms with Gasteiger partial charge < -0.3 is 0 Å². The molecule has 0 amide bonds. The zero-order valence-electron chi connectivity index (χ0n) is 59.9. The highest BCUT2D eigenvalue weighted by atomic mass is 35.5. The molecule has 0 radical (unpaired) electrons. The van der Waals surface area contributed by atoms with E-state index in [9.17, 15) is 0 Å². The van der Waals surface area contributed by atoms with E-state index in [1.165, 1.54) is 174 Å². The minimum atomic E-state index is 0.513. The normalized spacial score (nSPS) is 21.2. The van der Waals surface area contributed by atoms with E-state index in [1.807, 2.05) is 36.4 Å². The Bertz CT molecular complexity index is 3670. The first-order valence-electron chi connectivity index (χ1n) is 36.4. The summed E-state index contributed by atoms with van der Waals surface area (Å²) in [5.74, 6) is 2.23. The third-order valence-corrected chi connectivity index (χ3v) is 22.0. The van der Waals surface area contributed by atoms with Crippen molar-refractivity contribution >= 4 is 69.1 Å². The molecule has 6 aliphatic heterocycles. The number of hydrogen-bond donors (Lipinski definition) is 0. The highest BCUT2D eigenvalue weighted by molar-refractivity contribution is 6.32. The Morgan fingerprint density at radius 2 is 0.705 bits per heavy atom. The summed E-state index contributed by atoms with van der Waals surface area (Å²) >= 11 is 18.3. The summed E-state index contributed by atoms with van der Waals surface area (Å²) in [5, 5.41) is 2.59. The van der Waals surface area contributed by atoms with Gasteiger partial charge in [0.15, 0.2) is 0 Å². The lowest BCUT2D eigenvalue weighted by Gasteiger charge is -2.08. The molecular formula is C86H111Cl3N6. The molecule has 5 unspecified atom stereocenters. The van der Waals surface area contributed by atoms with Gasteiger partial charge in [-0.1, -0.05) is 153 Å². The van der Waals surface area contributed by atoms with Gasteiger partial charge >= 0.3 is 0 Å². The lowest BCUT2D eigenvalue weighted by Crippen LogP contribution is -2.04. The van der Waals surface area contributed by atoms with Crippen LogP contribution in [0.4, 0.5) is 0 Å². The predicted molar refractivity (Wildman–Crippen MR) is 414 cm³/mol. The third kappa shape index (κ3) is 22.1. The zero-order chi connectivity index (χ0) is 67.5. The Morgan fingerprint density at radius 3 is 1.08 bits per heavy atom. The van der Waals surface area contributed by atoms with Crippen molar-refractivity contribution in [3.05, 3.63) is 208 Å². The maximum atomic E-state index is 6.16. The molecule has 14 rings (SSSR count). The first-order valence-corrected chi connectivity index (χ1v) is 37.6. The molecule has 6 aromatic carbocycles. The van der Waals surface area contributed by atoms with Crippen LogP contribution >= 0.6 is 34.8 Å². The summed E-state index contributed by atoms with van der Waals surface area (Å²) < 4.78 is 0. The quantitative estimate of drug-likeness (QED) is 0.104. The summed E-state index contributed by atoms with van der Waals surface area (Å²) in [7, 11) is 0. The van der Waals surface area contributed by atoms with Crippen molar-refractivity contribution in [1.29, 1.82) is 0 Å². The molecule has 0 N–H and O–H groups in total. The molecule has 6 heterocycles. The zero-order valence-corrected chi connectivity index (χ0v) is 62.2. The van der Waals surface area contributed by atoms with Crippen LogP contribution in [0.25, 0.3) is 0 Å². The van der Waals surface area contributed by atoms with Gasteiger partial charge in [0, 0.05) is 119 Å². The topological polar surface area (TPSA) is 74.2 Å². The Labute approximate surface area is 588 Å². The average molecular weight is 1340 g/mol. The number of aryl methyl sites for hydroxylation is 3. The fourth-order valence-electron chi connectivity index (χ4n) is 14.9. The molecule has 95 heavy (non-hydrogen) atoms. The number of hydrogen-bond acceptors (Lipinski definition) is 6. The minimum Gasteiger partial charge on any atom is -0.293 e. The van der Waals surface area contributed by atoms with E-state index in [-0.39, 0.29) is 0 Å². The van der Waals surface area contributed by atoms with Gasteiger partial charge in [0.1, 0.15) is 0 Å². The van der Waals surface area contributed by atoms with Crippen LogP contribution in [0.15, 0.2) is 139 Å². The van der Waals surface area contributed by atoms with E-state index in [2.05, 4.69) is 176 Å². The number of fused-ring (bicyclic) bond motifs is 2. The van der Waals surface area contributed by atoms with Gasteiger partial charge in [-0.05, 0) is 284 Å². The lowest BCUT2D eigenvalue weighted by atomic mass is 9.96. The summed E-state index contributed by atoms with van der Waals surface area (Å²) in [6, 6.07) is 40.7. The second-order valence-electron chi connectivity index (χ2n) is 29.5. The fraction of sp³-hybridized carbons (Fsp3) is 0.512. The van der Waals surface area contributed by atoms with E-state index in [1.54, 1.807) is 33.4 Å². The minimum absolute atomic E-state index is 0.513. The van der Waals surface area contributed by atoms with Crippen LogP contribution in [0.2, 0.25) is 15.1 Å². The van der Waals surface area contributed by atoms with Crippen molar-refractivity contribution < 1.29 is 0 Å². The average Bonchev–Trinajstić information content (AvgIpc) is 1.85. The fourth-order valence-corrected chi connectivity index (χ4v) is 15.5. The van der Waals surface area contributed by atoms with Gasteiger partial charge in [-0.25, -0.2) is 0 Å². The van der Waals surface area contributed by atoms with Gasteiger partial charge in [-0.3, -0.25) is 30.0 Å². The summed E-state index contributed by atoms with van der Waals surface area (Å²) in [6.45, 7) is 28.4. The third-order valence-electron chi connectivity index (χ3n) is 20.8. The van der Waals surface area contributed by atoms with Gasteiger partial charge in [0.2, 0.25) is 0 Å². The Kier molecular flexibility index (Phi) is 28.0. The van der Waals surface area contributed by atoms with Crippen molar-refractivity contribution in [3.63, 3.8) is 0 Å². The summed E-state index contributed by atoms with van der Waals surface area (Å²) in [6.07, 6.45) is 27.2. The molecule has 0 spiro atoms. The molecular weight excluding hydrogens is 1220 g/mol. The lowest BCUT2D eigenvalue weighted by molar-refractivity contribution is 0.496. The van der Waals surface area contributed by atoms with Crippen LogP contribution in [-0.2, 0) is 64.2 Å². The van der Waals surface area contributed by atoms with E-state index in [0.29, 0.717) is 24.2 Å². The van der Waals surface area contributed by atoms with Crippen LogP contribution in [0.3, 0.4) is 0 Å². The van der Waals surface area contributed by atoms with Crippen LogP contribution in [-0.4, -0.2) is 71.5 Å². The summed E-state index contributed by atoms with van der Waals surface area (Å²) in [4.78, 5) is 28.1. The van der Waals surface area contributed by atoms with Crippen molar-refractivity contribution in [2.45, 2.75) is 255 Å². The van der Waals surface area contributed by atoms with E-state index < -0.39 is 0 Å². The van der Waals surface area contributed by atoms with Crippen molar-refractivity contribution in [2.75, 3.05) is 13.1 Å². The first-order chi connectivity index (χ1) is 45.7. The standard InChI is InChI=1S/C16H22ClN.2C15H19N.C14H19N.2C13H16ClN/c1-11(2)9-14-7-8-15(18-14)10-13-5-4-6-16(17)12(13)3;1-11-8-14(16-10-11)9-13-6-2-4-12-5-3-7-15(12)13;1-11-8-9-14(16-11)10-13-6-2-4-12-5-3-7-15(12)13;1-10-5-4-6-13(12(10)3)9-14-8-7-11(2)15-14;1-9-6-12(15-8-9)7-11-4-3-5-13(14)10(11)2;1-9-6-7-12(15-9)8-11-4-3-5-13(14)10(11)2/h4-6,11,14H,7-10H2,1-3H3;2*2,4,6,11H,3,5,7-10H2,1H3;4-6,11H,7-9H2,1-3H3;2*3-5,9H,6-8H2,1-2H3/t14-;;;;;/m1...../s1. The monoisotopic (exact) mass is 1330 g/mol. The van der Waals surface area contributed by atoms with Crippen molar-refractivity contribution in [1.82, 2.24) is 0 Å². The van der Waals surface area contributed by atoms with Gasteiger partial charge in [-0.2, -0.15) is 0 Å². The smallest absolute Gasteiger partial charge is 0.0505 e. The van der Waals surface area contributed by atoms with E-state index >= 15 is 0 Å². The second-order valence-corrected chi connectivity index (χ2v) is 30.7. The van der Waals surface area contributed by atoms with Crippen LogP contribution < -0.4 is 0 Å². The molecule has 0 bridgehead atoms. The maximum Gasteiger partial charge on any atom is 0.0505 e. The maximum absolute atomic E-state index is 6.16. The largest absolute Gasteiger partial charge is 0.293 e. The van der Waals surface area contributed by atoms with Gasteiger partial charge in [0.25, 0.3) is 0 Å². The highest BCUT2D eigenvalue weighted by Gasteiger charge is 2.23. The van der Waals surface area contributed by atoms with Crippen LogP contribution in [0.5, 0.6) is 0 Å². The Balaban J connectivity index is 0.000000134. The molecule has 0 fully saturated rings. The molecule has 9 heteroatoms. The molecule has 8 aliphatic rings. The van der Waals surface area contributed by atoms with Crippen molar-refractivity contribution in [2.24, 2.45) is 47.7 Å². The van der Waals surface area contributed by atoms with E-state index in [0.717, 1.165) is 104 Å². The molecule has 6 atom stereocenters. The number of benzene rings is 6. The molecule has 0 saturated carbocycles. The van der Waals surface area contributed by atoms with E-state index in [4.69, 9.17) is 44.8 Å². The number of rotatable bonds is 14. The number of aliphatic imine (C=N–C) groups is 6. The molecule has 506 valence electrons. The Hall–Kier alpha value is -5.79. The molecule has 2 aliphatic carbocycles.